The Balaban J connectivity index is 1.07. The summed E-state index contributed by atoms with van der Waals surface area (Å²) in [6.07, 6.45) is 6.32. The van der Waals surface area contributed by atoms with Crippen molar-refractivity contribution < 1.29 is 57.1 Å². The number of hydrogen-bond acceptors (Lipinski definition) is 12. The maximum atomic E-state index is 13.1. The van der Waals surface area contributed by atoms with Gasteiger partial charge in [0.25, 0.3) is 0 Å². The molecule has 6 aromatic carbocycles. The van der Waals surface area contributed by atoms with Crippen LogP contribution in [0.3, 0.4) is 0 Å². The number of esters is 4. The summed E-state index contributed by atoms with van der Waals surface area (Å²) in [7, 11) is 0. The van der Waals surface area contributed by atoms with Crippen LogP contribution in [0.25, 0.3) is 0 Å². The molecule has 0 bridgehead atoms. The number of para-hydroxylation sites is 4. The van der Waals surface area contributed by atoms with Crippen molar-refractivity contribution in [1.29, 1.82) is 0 Å². The molecule has 1 heterocycles. The van der Waals surface area contributed by atoms with Gasteiger partial charge in [0.1, 0.15) is 98.1 Å². The number of fused-ring (bicyclic) bond motifs is 6. The summed E-state index contributed by atoms with van der Waals surface area (Å²) in [5.74, 6) is -1.07. The minimum absolute atomic E-state index is 0.0743. The fourth-order valence-electron chi connectivity index (χ4n) is 6.42. The lowest BCUT2D eigenvalue weighted by Crippen LogP contribution is -2.11. The zero-order valence-electron chi connectivity index (χ0n) is 34.7. The first-order chi connectivity index (χ1) is 31.4. The molecule has 0 aromatic heterocycles. The molecule has 1 aliphatic rings. The van der Waals surface area contributed by atoms with Crippen LogP contribution in [0.15, 0.2) is 170 Å². The van der Waals surface area contributed by atoms with Crippen LogP contribution < -0.4 is 18.9 Å². The van der Waals surface area contributed by atoms with E-state index in [1.54, 1.807) is 121 Å². The lowest BCUT2D eigenvalue weighted by Gasteiger charge is -2.15. The van der Waals surface area contributed by atoms with Crippen LogP contribution in [0, 0.1) is 0 Å². The molecule has 0 fully saturated rings. The van der Waals surface area contributed by atoms with Gasteiger partial charge >= 0.3 is 23.9 Å². The van der Waals surface area contributed by atoms with Gasteiger partial charge in [-0.15, -0.1) is 0 Å². The first-order valence-corrected chi connectivity index (χ1v) is 20.4. The van der Waals surface area contributed by atoms with Gasteiger partial charge in [-0.2, -0.15) is 0 Å². The number of hydrogen-bond donors (Lipinski definition) is 0. The molecule has 0 saturated carbocycles. The van der Waals surface area contributed by atoms with Gasteiger partial charge in [-0.25, -0.2) is 19.2 Å². The molecule has 12 heteroatoms. The summed E-state index contributed by atoms with van der Waals surface area (Å²) in [4.78, 5) is 52.6. The lowest BCUT2D eigenvalue weighted by molar-refractivity contribution is 0.0521. The highest BCUT2D eigenvalue weighted by Gasteiger charge is 2.19. The van der Waals surface area contributed by atoms with Gasteiger partial charge in [-0.3, -0.25) is 0 Å². The number of rotatable bonds is 0. The molecule has 64 heavy (non-hydrogen) atoms. The van der Waals surface area contributed by atoms with Crippen molar-refractivity contribution in [2.24, 2.45) is 0 Å². The second-order valence-corrected chi connectivity index (χ2v) is 14.0. The van der Waals surface area contributed by atoms with Crippen LogP contribution in [0.5, 0.6) is 23.0 Å². The van der Waals surface area contributed by atoms with Crippen LogP contribution in [-0.2, 0) is 45.4 Å². The Morgan fingerprint density at radius 3 is 0.688 bits per heavy atom. The van der Waals surface area contributed by atoms with Gasteiger partial charge in [-0.05, 0) is 95.1 Å². The van der Waals surface area contributed by atoms with Crippen molar-refractivity contribution >= 4 is 23.9 Å². The normalized spacial score (nSPS) is 14.8. The molecule has 0 N–H and O–H groups in total. The van der Waals surface area contributed by atoms with Crippen molar-refractivity contribution in [1.82, 2.24) is 0 Å². The summed E-state index contributed by atoms with van der Waals surface area (Å²) < 4.78 is 46.5. The molecular formula is C52H44O12. The SMILES string of the molecule is O=C1OCC=CCOC(=O)c2ccccc2OCc2ccccc2COc2ccccc2C(=O)OCC=CCOC(=O)c2ccccc2OCc2ccccc2COc2ccccc21. The Morgan fingerprint density at radius 2 is 0.453 bits per heavy atom. The van der Waals surface area contributed by atoms with E-state index in [-0.39, 0.29) is 75.1 Å². The van der Waals surface area contributed by atoms with Crippen LogP contribution in [0.4, 0.5) is 0 Å². The second-order valence-electron chi connectivity index (χ2n) is 14.0. The third-order valence-corrected chi connectivity index (χ3v) is 9.77. The predicted octanol–water partition coefficient (Wildman–Crippen LogP) is 9.46. The number of ether oxygens (including phenoxy) is 8. The molecular weight excluding hydrogens is 817 g/mol. The summed E-state index contributed by atoms with van der Waals surface area (Å²) >= 11 is 0. The molecule has 6 aromatic rings. The van der Waals surface area contributed by atoms with Crippen molar-refractivity contribution in [2.45, 2.75) is 26.4 Å². The average Bonchev–Trinajstić information content (AvgIpc) is 3.33. The van der Waals surface area contributed by atoms with Crippen molar-refractivity contribution in [3.63, 3.8) is 0 Å². The zero-order valence-corrected chi connectivity index (χ0v) is 34.7. The summed E-state index contributed by atoms with van der Waals surface area (Å²) in [5.41, 5.74) is 4.14. The highest BCUT2D eigenvalue weighted by atomic mass is 16.6. The molecule has 12 nitrogen and oxygen atoms in total. The minimum Gasteiger partial charge on any atom is -0.488 e. The topological polar surface area (TPSA) is 142 Å². The Morgan fingerprint density at radius 1 is 0.250 bits per heavy atom. The quantitative estimate of drug-likeness (QED) is 0.0816. The maximum Gasteiger partial charge on any atom is 0.342 e. The number of carbonyl (C=O) groups is 4. The van der Waals surface area contributed by atoms with Gasteiger partial charge in [0.2, 0.25) is 0 Å². The maximum absolute atomic E-state index is 13.1. The average molecular weight is 861 g/mol. The standard InChI is InChI=1S/C52H44O12/c53-49-41-21-5-9-25-45(41)61-33-37-17-1-2-18-38(37)34-62-46-26-10-6-22-42(46)50(54)58-30-15-16-32-60-52(56)44-24-8-12-28-48(44)64-36-40-20-4-3-19-39(40)35-63-47-27-11-7-23-43(47)51(55)59-31-14-13-29-57-49/h1-28H,29-36H2. The van der Waals surface area contributed by atoms with E-state index in [1.165, 1.54) is 0 Å². The molecule has 0 atom stereocenters. The highest BCUT2D eigenvalue weighted by molar-refractivity contribution is 5.94. The number of carbonyl (C=O) groups excluding carboxylic acids is 4. The zero-order chi connectivity index (χ0) is 44.4. The van der Waals surface area contributed by atoms with Gasteiger partial charge in [-0.1, -0.05) is 97.1 Å². The number of cyclic esters (lactones) is 4. The summed E-state index contributed by atoms with van der Waals surface area (Å²) in [6, 6.07) is 42.0. The first-order valence-electron chi connectivity index (χ1n) is 20.4. The Bertz CT molecular complexity index is 2270. The van der Waals surface area contributed by atoms with Crippen molar-refractivity contribution in [2.75, 3.05) is 26.4 Å². The van der Waals surface area contributed by atoms with E-state index in [9.17, 15) is 19.2 Å². The lowest BCUT2D eigenvalue weighted by atomic mass is 10.1. The van der Waals surface area contributed by atoms with Crippen LogP contribution in [0.2, 0.25) is 0 Å². The Labute approximate surface area is 370 Å². The highest BCUT2D eigenvalue weighted by Crippen LogP contribution is 2.26. The summed E-state index contributed by atoms with van der Waals surface area (Å²) in [6.45, 7) is 0.156. The largest absolute Gasteiger partial charge is 0.488 e. The monoisotopic (exact) mass is 860 g/mol. The Hall–Kier alpha value is -8.12. The third-order valence-electron chi connectivity index (χ3n) is 9.77. The molecule has 0 saturated heterocycles. The van der Waals surface area contributed by atoms with Crippen molar-refractivity contribution in [3.8, 4) is 23.0 Å². The van der Waals surface area contributed by atoms with E-state index in [0.717, 1.165) is 22.3 Å². The van der Waals surface area contributed by atoms with Crippen LogP contribution in [-0.4, -0.2) is 50.3 Å². The van der Waals surface area contributed by atoms with Crippen molar-refractivity contribution in [3.05, 3.63) is 214 Å². The fourth-order valence-corrected chi connectivity index (χ4v) is 6.42. The molecule has 0 spiro atoms. The minimum atomic E-state index is -0.594. The van der Waals surface area contributed by atoms with E-state index < -0.39 is 23.9 Å². The third kappa shape index (κ3) is 12.0. The molecule has 1 aliphatic heterocycles. The molecule has 0 radical (unpaired) electrons. The van der Waals surface area contributed by atoms with E-state index >= 15 is 0 Å². The van der Waals surface area contributed by atoms with E-state index in [0.29, 0.717) is 23.0 Å². The van der Waals surface area contributed by atoms with Gasteiger partial charge < -0.3 is 37.9 Å². The molecule has 0 unspecified atom stereocenters. The molecule has 0 aliphatic carbocycles. The molecule has 0 amide bonds. The van der Waals surface area contributed by atoms with E-state index in [2.05, 4.69) is 0 Å². The second kappa shape index (κ2) is 22.6. The molecule has 7 rings (SSSR count). The number of benzene rings is 6. The van der Waals surface area contributed by atoms with E-state index in [1.807, 2.05) is 48.5 Å². The van der Waals surface area contributed by atoms with Gasteiger partial charge in [0.05, 0.1) is 0 Å². The smallest absolute Gasteiger partial charge is 0.342 e. The predicted molar refractivity (Wildman–Crippen MR) is 235 cm³/mol. The van der Waals surface area contributed by atoms with Gasteiger partial charge in [0.15, 0.2) is 0 Å². The van der Waals surface area contributed by atoms with E-state index in [4.69, 9.17) is 37.9 Å². The molecule has 324 valence electrons. The summed E-state index contributed by atoms with van der Waals surface area (Å²) in [5, 5.41) is 0. The van der Waals surface area contributed by atoms with Crippen LogP contribution in [0.1, 0.15) is 63.7 Å². The Kier molecular flexibility index (Phi) is 15.6. The first kappa shape index (κ1) is 44.0. The van der Waals surface area contributed by atoms with Gasteiger partial charge in [0, 0.05) is 0 Å². The van der Waals surface area contributed by atoms with Crippen LogP contribution >= 0.6 is 0 Å². The fraction of sp³-hybridized carbons (Fsp3) is 0.154.